The molecule has 0 saturated heterocycles. The Morgan fingerprint density at radius 2 is 1.72 bits per heavy atom. The average Bonchev–Trinajstić information content (AvgIpc) is 2.84. The summed E-state index contributed by atoms with van der Waals surface area (Å²) < 4.78 is 0. The van der Waals surface area contributed by atoms with Crippen LogP contribution in [0.5, 0.6) is 0 Å². The first-order valence-electron chi connectivity index (χ1n) is 10.8. The number of halogens is 1. The van der Waals surface area contributed by atoms with Crippen LogP contribution in [-0.2, 0) is 4.79 Å². The lowest BCUT2D eigenvalue weighted by Gasteiger charge is -2.17. The molecular formula is C26H22ClN5O3S. The number of carboxylic acids is 1. The summed E-state index contributed by atoms with van der Waals surface area (Å²) in [6, 6.07) is 15.6. The highest BCUT2D eigenvalue weighted by Crippen LogP contribution is 2.37. The molecule has 1 aromatic heterocycles. The summed E-state index contributed by atoms with van der Waals surface area (Å²) in [5.41, 5.74) is 8.51. The number of rotatable bonds is 7. The van der Waals surface area contributed by atoms with Crippen LogP contribution in [0.1, 0.15) is 53.7 Å². The fraction of sp³-hybridized carbons (Fsp3) is 0.192. The van der Waals surface area contributed by atoms with Crippen molar-refractivity contribution in [2.75, 3.05) is 11.1 Å². The van der Waals surface area contributed by atoms with Gasteiger partial charge in [0.15, 0.2) is 0 Å². The van der Waals surface area contributed by atoms with Crippen molar-refractivity contribution in [1.82, 2.24) is 4.98 Å². The number of pyridine rings is 1. The number of nitrogens with two attached hydrogens (primary N) is 1. The standard InChI is InChI=1S/C26H22ClN5O3S/c1-13(2)15-4-6-16(7-5-15)22-18(11-28)23(30)32-25(19(22)12-29)36-14(3)24(33)31-21-10-17(26(34)35)8-9-20(21)27/h4-10,13-14H,1-3H3,(H2,30,32)(H,31,33)(H,34,35). The van der Waals surface area contributed by atoms with Crippen LogP contribution >= 0.6 is 23.4 Å². The Morgan fingerprint density at radius 1 is 1.08 bits per heavy atom. The van der Waals surface area contributed by atoms with Crippen molar-refractivity contribution >= 4 is 46.7 Å². The van der Waals surface area contributed by atoms with Crippen LogP contribution in [0.4, 0.5) is 11.5 Å². The third-order valence-corrected chi connectivity index (χ3v) is 6.83. The van der Waals surface area contributed by atoms with Gasteiger partial charge in [-0.3, -0.25) is 4.79 Å². The molecule has 8 nitrogen and oxygen atoms in total. The Labute approximate surface area is 217 Å². The summed E-state index contributed by atoms with van der Waals surface area (Å²) in [4.78, 5) is 28.4. The molecule has 1 unspecified atom stereocenters. The van der Waals surface area contributed by atoms with E-state index < -0.39 is 17.1 Å². The molecule has 1 heterocycles. The summed E-state index contributed by atoms with van der Waals surface area (Å²) in [6.07, 6.45) is 0. The molecule has 0 spiro atoms. The number of anilines is 2. The van der Waals surface area contributed by atoms with Gasteiger partial charge in [-0.15, -0.1) is 0 Å². The molecule has 0 aliphatic heterocycles. The first-order chi connectivity index (χ1) is 17.1. The van der Waals surface area contributed by atoms with Crippen LogP contribution in [0.2, 0.25) is 5.02 Å². The molecule has 36 heavy (non-hydrogen) atoms. The highest BCUT2D eigenvalue weighted by atomic mass is 35.5. The van der Waals surface area contributed by atoms with Gasteiger partial charge in [0.2, 0.25) is 5.91 Å². The minimum Gasteiger partial charge on any atom is -0.478 e. The van der Waals surface area contributed by atoms with E-state index >= 15 is 0 Å². The minimum atomic E-state index is -1.16. The van der Waals surface area contributed by atoms with Crippen LogP contribution in [0.25, 0.3) is 11.1 Å². The second-order valence-electron chi connectivity index (χ2n) is 8.18. The number of carbonyl (C=O) groups is 2. The van der Waals surface area contributed by atoms with Gasteiger partial charge >= 0.3 is 5.97 Å². The van der Waals surface area contributed by atoms with E-state index in [2.05, 4.69) is 30.2 Å². The average molecular weight is 520 g/mol. The van der Waals surface area contributed by atoms with E-state index in [-0.39, 0.29) is 38.2 Å². The maximum Gasteiger partial charge on any atom is 0.335 e. The third-order valence-electron chi connectivity index (χ3n) is 5.41. The SMILES string of the molecule is CC(Sc1nc(N)c(C#N)c(-c2ccc(C(C)C)cc2)c1C#N)C(=O)Nc1cc(C(=O)O)ccc1Cl. The van der Waals surface area contributed by atoms with Gasteiger partial charge in [-0.1, -0.05) is 61.5 Å². The van der Waals surface area contributed by atoms with E-state index in [1.54, 1.807) is 6.92 Å². The fourth-order valence-electron chi connectivity index (χ4n) is 3.42. The van der Waals surface area contributed by atoms with E-state index in [1.807, 2.05) is 30.3 Å². The molecule has 0 aliphatic carbocycles. The number of hydrogen-bond donors (Lipinski definition) is 3. The van der Waals surface area contributed by atoms with Crippen molar-refractivity contribution in [3.63, 3.8) is 0 Å². The van der Waals surface area contributed by atoms with Gasteiger partial charge < -0.3 is 16.2 Å². The van der Waals surface area contributed by atoms with Crippen LogP contribution < -0.4 is 11.1 Å². The number of amides is 1. The number of aromatic carboxylic acids is 1. The van der Waals surface area contributed by atoms with Crippen molar-refractivity contribution in [2.24, 2.45) is 0 Å². The van der Waals surface area contributed by atoms with E-state index in [9.17, 15) is 25.2 Å². The maximum absolute atomic E-state index is 12.9. The molecule has 3 rings (SSSR count). The Kier molecular flexibility index (Phi) is 8.21. The van der Waals surface area contributed by atoms with E-state index in [0.29, 0.717) is 17.0 Å². The number of benzene rings is 2. The third kappa shape index (κ3) is 5.60. The molecule has 4 N–H and O–H groups in total. The van der Waals surface area contributed by atoms with Gasteiger partial charge in [-0.25, -0.2) is 9.78 Å². The molecule has 2 aromatic carbocycles. The number of carboxylic acid groups (broad SMARTS) is 1. The smallest absolute Gasteiger partial charge is 0.335 e. The van der Waals surface area contributed by atoms with Crippen molar-refractivity contribution in [2.45, 2.75) is 37.0 Å². The fourth-order valence-corrected chi connectivity index (χ4v) is 4.50. The summed E-state index contributed by atoms with van der Waals surface area (Å²) in [6.45, 7) is 5.73. The molecule has 0 bridgehead atoms. The molecule has 10 heteroatoms. The largest absolute Gasteiger partial charge is 0.478 e. The first-order valence-corrected chi connectivity index (χ1v) is 12.1. The topological polar surface area (TPSA) is 153 Å². The first kappa shape index (κ1) is 26.6. The van der Waals surface area contributed by atoms with Gasteiger partial charge in [-0.2, -0.15) is 10.5 Å². The number of hydrogen-bond acceptors (Lipinski definition) is 7. The molecule has 0 saturated carbocycles. The van der Waals surface area contributed by atoms with Crippen LogP contribution in [0.3, 0.4) is 0 Å². The lowest BCUT2D eigenvalue weighted by atomic mass is 9.94. The van der Waals surface area contributed by atoms with Crippen molar-refractivity contribution in [1.29, 1.82) is 10.5 Å². The van der Waals surface area contributed by atoms with Gasteiger partial charge in [0.25, 0.3) is 0 Å². The number of nitriles is 2. The molecule has 0 aliphatic rings. The Bertz CT molecular complexity index is 1430. The zero-order valence-corrected chi connectivity index (χ0v) is 21.2. The number of aromatic nitrogens is 1. The monoisotopic (exact) mass is 519 g/mol. The molecule has 1 amide bonds. The summed E-state index contributed by atoms with van der Waals surface area (Å²) >= 11 is 7.11. The van der Waals surface area contributed by atoms with Crippen LogP contribution in [0, 0.1) is 22.7 Å². The van der Waals surface area contributed by atoms with Gasteiger partial charge in [0, 0.05) is 5.56 Å². The lowest BCUT2D eigenvalue weighted by molar-refractivity contribution is -0.115. The van der Waals surface area contributed by atoms with E-state index in [1.165, 1.54) is 18.2 Å². The normalized spacial score (nSPS) is 11.4. The number of carbonyl (C=O) groups excluding carboxylic acids is 1. The van der Waals surface area contributed by atoms with E-state index in [0.717, 1.165) is 17.3 Å². The zero-order valence-electron chi connectivity index (χ0n) is 19.7. The second kappa shape index (κ2) is 11.1. The lowest BCUT2D eigenvalue weighted by Crippen LogP contribution is -2.23. The Morgan fingerprint density at radius 3 is 2.28 bits per heavy atom. The Hall–Kier alpha value is -4.05. The number of nitrogen functional groups attached to an aromatic ring is 1. The quantitative estimate of drug-likeness (QED) is 0.337. The van der Waals surface area contributed by atoms with Crippen molar-refractivity contribution in [3.8, 4) is 23.3 Å². The second-order valence-corrected chi connectivity index (χ2v) is 9.91. The van der Waals surface area contributed by atoms with Crippen molar-refractivity contribution in [3.05, 3.63) is 69.7 Å². The molecule has 3 aromatic rings. The van der Waals surface area contributed by atoms with Gasteiger partial charge in [-0.05, 0) is 42.2 Å². The predicted octanol–water partition coefficient (Wildman–Crippen LogP) is 5.67. The summed E-state index contributed by atoms with van der Waals surface area (Å²) in [7, 11) is 0. The molecule has 1 atom stereocenters. The highest BCUT2D eigenvalue weighted by Gasteiger charge is 2.24. The number of nitrogens with one attached hydrogen (secondary N) is 1. The summed E-state index contributed by atoms with van der Waals surface area (Å²) in [5.74, 6) is -1.38. The van der Waals surface area contributed by atoms with Gasteiger partial charge in [0.1, 0.15) is 28.5 Å². The number of thioether (sulfide) groups is 1. The van der Waals surface area contributed by atoms with Crippen molar-refractivity contribution < 1.29 is 14.7 Å². The minimum absolute atomic E-state index is 0.0311. The number of nitrogens with zero attached hydrogens (tertiary/aromatic N) is 3. The molecule has 182 valence electrons. The van der Waals surface area contributed by atoms with Gasteiger partial charge in [0.05, 0.1) is 27.1 Å². The van der Waals surface area contributed by atoms with Crippen LogP contribution in [-0.4, -0.2) is 27.2 Å². The molecule has 0 fully saturated rings. The predicted molar refractivity (Wildman–Crippen MR) is 140 cm³/mol. The Balaban J connectivity index is 1.97. The molecular weight excluding hydrogens is 498 g/mol. The summed E-state index contributed by atoms with van der Waals surface area (Å²) in [5, 5.41) is 31.1. The molecule has 0 radical (unpaired) electrons. The highest BCUT2D eigenvalue weighted by molar-refractivity contribution is 8.00. The maximum atomic E-state index is 12.9. The van der Waals surface area contributed by atoms with E-state index in [4.69, 9.17) is 17.3 Å². The zero-order chi connectivity index (χ0) is 26.6. The van der Waals surface area contributed by atoms with Crippen LogP contribution in [0.15, 0.2) is 47.5 Å².